The summed E-state index contributed by atoms with van der Waals surface area (Å²) in [5.74, 6) is -1.27. The van der Waals surface area contributed by atoms with Crippen molar-refractivity contribution in [2.75, 3.05) is 5.32 Å². The van der Waals surface area contributed by atoms with Gasteiger partial charge < -0.3 is 10.3 Å². The Balaban J connectivity index is 2.16. The molecule has 0 unspecified atom stereocenters. The molecule has 0 spiro atoms. The fourth-order valence-corrected chi connectivity index (χ4v) is 1.77. The number of amides is 1. The fraction of sp³-hybridized carbons (Fsp3) is 0.143. The molecule has 1 aromatic carbocycles. The topological polar surface area (TPSA) is 62.0 Å². The highest BCUT2D eigenvalue weighted by Crippen LogP contribution is 2.29. The average molecular weight is 314 g/mol. The molecule has 0 aliphatic rings. The van der Waals surface area contributed by atoms with Gasteiger partial charge in [-0.15, -0.1) is 0 Å². The molecule has 2 N–H and O–H groups in total. The molecule has 22 heavy (non-hydrogen) atoms. The monoisotopic (exact) mass is 314 g/mol. The lowest BCUT2D eigenvalue weighted by Gasteiger charge is -2.09. The number of alkyl halides is 3. The molecule has 0 saturated heterocycles. The largest absolute Gasteiger partial charge is 0.417 e. The summed E-state index contributed by atoms with van der Waals surface area (Å²) >= 11 is 0. The number of anilines is 1. The third kappa shape index (κ3) is 3.94. The minimum atomic E-state index is -4.65. The van der Waals surface area contributed by atoms with Gasteiger partial charge in [0.15, 0.2) is 0 Å². The summed E-state index contributed by atoms with van der Waals surface area (Å²) in [6.45, 7) is 0. The molecule has 4 nitrogen and oxygen atoms in total. The number of carbonyl (C=O) groups excluding carboxylic acids is 1. The highest BCUT2D eigenvalue weighted by molar-refractivity contribution is 5.92. The lowest BCUT2D eigenvalue weighted by Crippen LogP contribution is -2.22. The second-order valence-electron chi connectivity index (χ2n) is 4.48. The normalized spacial score (nSPS) is 11.3. The van der Waals surface area contributed by atoms with Crippen LogP contribution in [0.2, 0.25) is 0 Å². The maximum atomic E-state index is 13.0. The van der Waals surface area contributed by atoms with E-state index in [-0.39, 0.29) is 6.42 Å². The van der Waals surface area contributed by atoms with Crippen LogP contribution in [-0.4, -0.2) is 10.9 Å². The van der Waals surface area contributed by atoms with Crippen LogP contribution >= 0.6 is 0 Å². The van der Waals surface area contributed by atoms with Crippen molar-refractivity contribution in [3.05, 3.63) is 63.8 Å². The summed E-state index contributed by atoms with van der Waals surface area (Å²) in [5.41, 5.74) is -2.13. The van der Waals surface area contributed by atoms with Crippen LogP contribution in [0.3, 0.4) is 0 Å². The molecular weight excluding hydrogens is 304 g/mol. The number of aromatic amines is 1. The summed E-state index contributed by atoms with van der Waals surface area (Å²) in [6, 6.07) is 5.74. The molecule has 1 amide bonds. The predicted molar refractivity (Wildman–Crippen MR) is 70.8 cm³/mol. The Bertz CT molecular complexity index is 753. The zero-order chi connectivity index (χ0) is 16.3. The van der Waals surface area contributed by atoms with Crippen LogP contribution in [0.5, 0.6) is 0 Å². The standard InChI is InChI=1S/C14H10F4N2O2/c15-10-3-1-2-8(4-10)5-12(21)20-11-6-9(14(16,17)18)7-19-13(11)22/h1-4,6-7H,5H2,(H,19,22)(H,20,21). The molecule has 2 aromatic rings. The van der Waals surface area contributed by atoms with E-state index in [1.54, 1.807) is 0 Å². The van der Waals surface area contributed by atoms with Gasteiger partial charge in [0.25, 0.3) is 5.56 Å². The molecule has 0 bridgehead atoms. The van der Waals surface area contributed by atoms with E-state index in [0.717, 1.165) is 6.07 Å². The van der Waals surface area contributed by atoms with Crippen molar-refractivity contribution in [2.45, 2.75) is 12.6 Å². The number of carbonyl (C=O) groups is 1. The van der Waals surface area contributed by atoms with Gasteiger partial charge in [0.05, 0.1) is 12.0 Å². The van der Waals surface area contributed by atoms with E-state index < -0.39 is 34.7 Å². The number of aromatic nitrogens is 1. The Labute approximate surface area is 121 Å². The summed E-state index contributed by atoms with van der Waals surface area (Å²) in [7, 11) is 0. The molecule has 0 aliphatic heterocycles. The number of hydrogen-bond donors (Lipinski definition) is 2. The van der Waals surface area contributed by atoms with E-state index >= 15 is 0 Å². The maximum Gasteiger partial charge on any atom is 0.417 e. The SMILES string of the molecule is O=C(Cc1cccc(F)c1)Nc1cc(C(F)(F)F)c[nH]c1=O. The first-order chi connectivity index (χ1) is 10.3. The third-order valence-electron chi connectivity index (χ3n) is 2.76. The molecular formula is C14H10F4N2O2. The Morgan fingerprint density at radius 2 is 1.95 bits per heavy atom. The summed E-state index contributed by atoms with van der Waals surface area (Å²) in [6.07, 6.45) is -4.40. The first kappa shape index (κ1) is 15.7. The zero-order valence-corrected chi connectivity index (χ0v) is 11.0. The third-order valence-corrected chi connectivity index (χ3v) is 2.76. The van der Waals surface area contributed by atoms with Crippen molar-refractivity contribution < 1.29 is 22.4 Å². The summed E-state index contributed by atoms with van der Waals surface area (Å²) in [5, 5.41) is 2.09. The van der Waals surface area contributed by atoms with Crippen molar-refractivity contribution >= 4 is 11.6 Å². The lowest BCUT2D eigenvalue weighted by molar-refractivity contribution is -0.137. The van der Waals surface area contributed by atoms with E-state index in [0.29, 0.717) is 17.8 Å². The smallest absolute Gasteiger partial charge is 0.327 e. The first-order valence-electron chi connectivity index (χ1n) is 6.10. The van der Waals surface area contributed by atoms with Crippen molar-refractivity contribution in [3.63, 3.8) is 0 Å². The Kier molecular flexibility index (Phi) is 4.30. The predicted octanol–water partition coefficient (Wildman–Crippen LogP) is 2.71. The van der Waals surface area contributed by atoms with E-state index in [2.05, 4.69) is 5.32 Å². The van der Waals surface area contributed by atoms with E-state index in [9.17, 15) is 27.2 Å². The van der Waals surface area contributed by atoms with Gasteiger partial charge >= 0.3 is 6.18 Å². The second-order valence-corrected chi connectivity index (χ2v) is 4.48. The highest BCUT2D eigenvalue weighted by Gasteiger charge is 2.31. The van der Waals surface area contributed by atoms with Gasteiger partial charge in [-0.2, -0.15) is 13.2 Å². The van der Waals surface area contributed by atoms with Crippen LogP contribution in [0.15, 0.2) is 41.3 Å². The first-order valence-corrected chi connectivity index (χ1v) is 6.10. The summed E-state index contributed by atoms with van der Waals surface area (Å²) < 4.78 is 50.6. The number of nitrogens with one attached hydrogen (secondary N) is 2. The number of H-pyrrole nitrogens is 1. The quantitative estimate of drug-likeness (QED) is 0.856. The van der Waals surface area contributed by atoms with Gasteiger partial charge in [-0.3, -0.25) is 9.59 Å². The zero-order valence-electron chi connectivity index (χ0n) is 11.0. The van der Waals surface area contributed by atoms with Crippen LogP contribution in [0.25, 0.3) is 0 Å². The molecule has 0 fully saturated rings. The minimum absolute atomic E-state index is 0.270. The van der Waals surface area contributed by atoms with Gasteiger partial charge in [0.2, 0.25) is 5.91 Å². The lowest BCUT2D eigenvalue weighted by atomic mass is 10.1. The number of halogens is 4. The molecule has 116 valence electrons. The van der Waals surface area contributed by atoms with E-state index in [4.69, 9.17) is 0 Å². The van der Waals surface area contributed by atoms with Gasteiger partial charge in [0, 0.05) is 6.20 Å². The number of benzene rings is 1. The van der Waals surface area contributed by atoms with Crippen LogP contribution in [0.4, 0.5) is 23.2 Å². The molecule has 0 aliphatic carbocycles. The molecule has 1 heterocycles. The van der Waals surface area contributed by atoms with Crippen LogP contribution in [-0.2, 0) is 17.4 Å². The van der Waals surface area contributed by atoms with Crippen LogP contribution < -0.4 is 10.9 Å². The molecule has 1 aromatic heterocycles. The van der Waals surface area contributed by atoms with Gasteiger partial charge in [-0.05, 0) is 23.8 Å². The number of hydrogen-bond acceptors (Lipinski definition) is 2. The van der Waals surface area contributed by atoms with Crippen LogP contribution in [0.1, 0.15) is 11.1 Å². The highest BCUT2D eigenvalue weighted by atomic mass is 19.4. The number of pyridine rings is 1. The van der Waals surface area contributed by atoms with Gasteiger partial charge in [0.1, 0.15) is 11.5 Å². The fourth-order valence-electron chi connectivity index (χ4n) is 1.77. The van der Waals surface area contributed by atoms with Gasteiger partial charge in [-0.25, -0.2) is 4.39 Å². The Hall–Kier alpha value is -2.64. The van der Waals surface area contributed by atoms with Crippen molar-refractivity contribution in [2.24, 2.45) is 0 Å². The Morgan fingerprint density at radius 1 is 1.23 bits per heavy atom. The molecule has 0 atom stereocenters. The molecule has 0 saturated carbocycles. The maximum absolute atomic E-state index is 13.0. The van der Waals surface area contributed by atoms with E-state index in [1.807, 2.05) is 4.98 Å². The molecule has 8 heteroatoms. The minimum Gasteiger partial charge on any atom is -0.327 e. The van der Waals surface area contributed by atoms with Gasteiger partial charge in [-0.1, -0.05) is 12.1 Å². The molecule has 2 rings (SSSR count). The van der Waals surface area contributed by atoms with E-state index in [1.165, 1.54) is 18.2 Å². The van der Waals surface area contributed by atoms with Crippen LogP contribution in [0, 0.1) is 5.82 Å². The van der Waals surface area contributed by atoms with Crippen molar-refractivity contribution in [1.29, 1.82) is 0 Å². The number of rotatable bonds is 3. The summed E-state index contributed by atoms with van der Waals surface area (Å²) in [4.78, 5) is 25.1. The van der Waals surface area contributed by atoms with Crippen molar-refractivity contribution in [1.82, 2.24) is 4.98 Å². The molecule has 0 radical (unpaired) electrons. The van der Waals surface area contributed by atoms with Crippen molar-refractivity contribution in [3.8, 4) is 0 Å². The second kappa shape index (κ2) is 6.00. The Morgan fingerprint density at radius 3 is 2.59 bits per heavy atom. The average Bonchev–Trinajstić information content (AvgIpc) is 2.40.